The smallest absolute Gasteiger partial charge is 0.303 e. The average Bonchev–Trinajstić information content (AvgIpc) is 3.52. The lowest BCUT2D eigenvalue weighted by Crippen LogP contribution is -2.37. The van der Waals surface area contributed by atoms with Gasteiger partial charge in [-0.25, -0.2) is 9.71 Å². The standard InChI is InChI=1S/C36H36Cl2N6O3S2/c1-43(49(46,47)39-24-45)29-8-5-9-30(22-29)44-23-34(31-15-14-28(37)21-32(31)38)40-35(44)20-26-10-12-27(13-11-26)33-16-17-36(42-41-33)48-19-18-25-6-3-2-4-7-25/h5,8-17,21-25H,2-4,6-7,18-20H2,1H3,(H,39,45). The van der Waals surface area contributed by atoms with E-state index in [2.05, 4.69) is 10.2 Å². The number of carbonyl (C=O) groups is 1. The van der Waals surface area contributed by atoms with Crippen LogP contribution in [0.3, 0.4) is 0 Å². The third-order valence-corrected chi connectivity index (χ3v) is 11.6. The van der Waals surface area contributed by atoms with Crippen LogP contribution in [-0.4, -0.2) is 47.4 Å². The summed E-state index contributed by atoms with van der Waals surface area (Å²) in [6, 6.07) is 24.4. The first-order chi connectivity index (χ1) is 23.7. The van der Waals surface area contributed by atoms with Gasteiger partial charge in [0, 0.05) is 41.5 Å². The van der Waals surface area contributed by atoms with Crippen molar-refractivity contribution < 1.29 is 13.2 Å². The van der Waals surface area contributed by atoms with Gasteiger partial charge in [0.25, 0.3) is 0 Å². The van der Waals surface area contributed by atoms with Crippen molar-refractivity contribution in [3.05, 3.63) is 106 Å². The van der Waals surface area contributed by atoms with Crippen molar-refractivity contribution >= 4 is 57.3 Å². The zero-order valence-electron chi connectivity index (χ0n) is 26.9. The summed E-state index contributed by atoms with van der Waals surface area (Å²) < 4.78 is 29.8. The number of rotatable bonds is 13. The maximum atomic E-state index is 12.5. The van der Waals surface area contributed by atoms with Crippen LogP contribution in [0.5, 0.6) is 0 Å². The second-order valence-corrected chi connectivity index (χ2v) is 15.7. The number of anilines is 1. The van der Waals surface area contributed by atoms with Gasteiger partial charge in [-0.1, -0.05) is 85.6 Å². The van der Waals surface area contributed by atoms with Crippen LogP contribution >= 0.6 is 35.0 Å². The number of imidazole rings is 1. The molecule has 2 heterocycles. The Hall–Kier alpha value is -3.90. The highest BCUT2D eigenvalue weighted by molar-refractivity contribution is 7.99. The minimum absolute atomic E-state index is 0.136. The molecule has 0 unspecified atom stereocenters. The zero-order chi connectivity index (χ0) is 34.4. The summed E-state index contributed by atoms with van der Waals surface area (Å²) in [6.07, 6.45) is 10.6. The number of thioether (sulfide) groups is 1. The normalized spacial score (nSPS) is 13.7. The molecule has 1 amide bonds. The second-order valence-electron chi connectivity index (χ2n) is 12.0. The van der Waals surface area contributed by atoms with E-state index in [-0.39, 0.29) is 6.41 Å². The summed E-state index contributed by atoms with van der Waals surface area (Å²) >= 11 is 14.5. The molecule has 2 aromatic heterocycles. The lowest BCUT2D eigenvalue weighted by Gasteiger charge is -2.20. The number of hydrogen-bond acceptors (Lipinski definition) is 7. The van der Waals surface area contributed by atoms with Gasteiger partial charge in [-0.2, -0.15) is 8.42 Å². The topological polar surface area (TPSA) is 110 Å². The van der Waals surface area contributed by atoms with E-state index in [1.54, 1.807) is 42.1 Å². The van der Waals surface area contributed by atoms with Crippen LogP contribution in [0.25, 0.3) is 28.2 Å². The number of hydrogen-bond donors (Lipinski definition) is 1. The number of nitrogens with one attached hydrogen (secondary N) is 1. The van der Waals surface area contributed by atoms with Crippen molar-refractivity contribution in [2.24, 2.45) is 5.92 Å². The second kappa shape index (κ2) is 15.8. The van der Waals surface area contributed by atoms with Gasteiger partial charge in [0.1, 0.15) is 10.9 Å². The van der Waals surface area contributed by atoms with E-state index in [0.717, 1.165) is 37.8 Å². The van der Waals surface area contributed by atoms with E-state index < -0.39 is 10.2 Å². The Kier molecular flexibility index (Phi) is 11.2. The molecule has 1 N–H and O–H groups in total. The molecule has 13 heteroatoms. The molecule has 0 saturated heterocycles. The fraction of sp³-hybridized carbons (Fsp3) is 0.278. The van der Waals surface area contributed by atoms with E-state index in [9.17, 15) is 13.2 Å². The molecular weight excluding hydrogens is 699 g/mol. The van der Waals surface area contributed by atoms with Gasteiger partial charge in [0.15, 0.2) is 0 Å². The van der Waals surface area contributed by atoms with Crippen LogP contribution < -0.4 is 9.03 Å². The van der Waals surface area contributed by atoms with Crippen LogP contribution in [0.1, 0.15) is 49.9 Å². The predicted octanol–water partition coefficient (Wildman–Crippen LogP) is 8.38. The van der Waals surface area contributed by atoms with Crippen molar-refractivity contribution in [3.8, 4) is 28.2 Å². The largest absolute Gasteiger partial charge is 0.325 e. The maximum absolute atomic E-state index is 12.5. The molecule has 0 bridgehead atoms. The van der Waals surface area contributed by atoms with Crippen molar-refractivity contribution in [1.29, 1.82) is 0 Å². The van der Waals surface area contributed by atoms with E-state index in [1.165, 1.54) is 45.6 Å². The van der Waals surface area contributed by atoms with E-state index >= 15 is 0 Å². The molecule has 5 aromatic rings. The molecule has 0 atom stereocenters. The molecule has 9 nitrogen and oxygen atoms in total. The third-order valence-electron chi connectivity index (χ3n) is 8.77. The molecule has 254 valence electrons. The van der Waals surface area contributed by atoms with Crippen molar-refractivity contribution in [2.45, 2.75) is 50.0 Å². The van der Waals surface area contributed by atoms with Gasteiger partial charge >= 0.3 is 10.2 Å². The number of carbonyl (C=O) groups excluding carboxylic acids is 1. The lowest BCUT2D eigenvalue weighted by atomic mass is 9.88. The Morgan fingerprint density at radius 3 is 2.47 bits per heavy atom. The molecule has 1 aliphatic rings. The highest BCUT2D eigenvalue weighted by Crippen LogP contribution is 2.33. The van der Waals surface area contributed by atoms with Gasteiger partial charge in [-0.15, -0.1) is 22.0 Å². The van der Waals surface area contributed by atoms with Gasteiger partial charge < -0.3 is 4.57 Å². The Bertz CT molecular complexity index is 2020. The quantitative estimate of drug-likeness (QED) is 0.0956. The van der Waals surface area contributed by atoms with Crippen LogP contribution in [0.2, 0.25) is 10.0 Å². The Morgan fingerprint density at radius 1 is 0.959 bits per heavy atom. The number of nitrogens with zero attached hydrogens (tertiary/aromatic N) is 5. The van der Waals surface area contributed by atoms with E-state index in [1.807, 2.05) is 64.0 Å². The predicted molar refractivity (Wildman–Crippen MR) is 198 cm³/mol. The fourth-order valence-corrected chi connectivity index (χ4v) is 8.14. The van der Waals surface area contributed by atoms with Crippen molar-refractivity contribution in [3.63, 3.8) is 0 Å². The molecule has 1 aliphatic carbocycles. The summed E-state index contributed by atoms with van der Waals surface area (Å²) in [7, 11) is -2.69. The first kappa shape index (κ1) is 34.9. The Labute approximate surface area is 301 Å². The molecule has 0 aliphatic heterocycles. The molecule has 49 heavy (non-hydrogen) atoms. The molecule has 3 aromatic carbocycles. The molecule has 0 spiro atoms. The van der Waals surface area contributed by atoms with Gasteiger partial charge in [0.05, 0.1) is 22.1 Å². The summed E-state index contributed by atoms with van der Waals surface area (Å²) in [5.41, 5.74) is 5.16. The summed E-state index contributed by atoms with van der Waals surface area (Å²) in [4.78, 5) is 15.8. The highest BCUT2D eigenvalue weighted by Gasteiger charge is 2.20. The lowest BCUT2D eigenvalue weighted by molar-refractivity contribution is -0.108. The molecule has 6 rings (SSSR count). The zero-order valence-corrected chi connectivity index (χ0v) is 30.1. The average molecular weight is 736 g/mol. The van der Waals surface area contributed by atoms with Gasteiger partial charge in [-0.05, 0) is 72.2 Å². The molecule has 0 radical (unpaired) electrons. The van der Waals surface area contributed by atoms with Crippen LogP contribution in [0.15, 0.2) is 90.1 Å². The molecular formula is C36H36Cl2N6O3S2. The summed E-state index contributed by atoms with van der Waals surface area (Å²) in [5.74, 6) is 2.64. The first-order valence-corrected chi connectivity index (χ1v) is 19.3. The first-order valence-electron chi connectivity index (χ1n) is 16.1. The van der Waals surface area contributed by atoms with Gasteiger partial charge in [0.2, 0.25) is 6.41 Å². The minimum atomic E-state index is -4.06. The van der Waals surface area contributed by atoms with Crippen LogP contribution in [0.4, 0.5) is 5.69 Å². The summed E-state index contributed by atoms with van der Waals surface area (Å²) in [6.45, 7) is 0. The van der Waals surface area contributed by atoms with Crippen LogP contribution in [-0.2, 0) is 21.4 Å². The molecule has 1 saturated carbocycles. The van der Waals surface area contributed by atoms with Crippen molar-refractivity contribution in [2.75, 3.05) is 17.1 Å². The third kappa shape index (κ3) is 8.64. The Morgan fingerprint density at radius 2 is 1.76 bits per heavy atom. The fourth-order valence-electron chi connectivity index (χ4n) is 6.04. The minimum Gasteiger partial charge on any atom is -0.303 e. The number of aromatic nitrogens is 4. The van der Waals surface area contributed by atoms with Gasteiger partial charge in [-0.3, -0.25) is 9.10 Å². The summed E-state index contributed by atoms with van der Waals surface area (Å²) in [5, 5.41) is 10.9. The monoisotopic (exact) mass is 734 g/mol. The van der Waals surface area contributed by atoms with Crippen LogP contribution in [0, 0.1) is 5.92 Å². The highest BCUT2D eigenvalue weighted by atomic mass is 35.5. The Balaban J connectivity index is 1.23. The van der Waals surface area contributed by atoms with Crippen molar-refractivity contribution in [1.82, 2.24) is 24.5 Å². The number of amides is 1. The maximum Gasteiger partial charge on any atom is 0.325 e. The number of benzene rings is 3. The molecule has 1 fully saturated rings. The SMILES string of the molecule is CN(c1cccc(-n2cc(-c3ccc(Cl)cc3Cl)nc2Cc2ccc(-c3ccc(SCCC4CCCCC4)nn3)cc2)c1)S(=O)(=O)NC=O. The van der Waals surface area contributed by atoms with E-state index in [4.69, 9.17) is 28.2 Å². The number of halogens is 2. The van der Waals surface area contributed by atoms with E-state index in [0.29, 0.717) is 44.9 Å².